The molecule has 0 saturated heterocycles. The van der Waals surface area contributed by atoms with Crippen LogP contribution in [0.1, 0.15) is 37.9 Å². The van der Waals surface area contributed by atoms with Crippen molar-refractivity contribution in [3.8, 4) is 0 Å². The molecule has 1 heterocycles. The number of rotatable bonds is 7. The number of nitrogens with zero attached hydrogens (tertiary/aromatic N) is 1. The summed E-state index contributed by atoms with van der Waals surface area (Å²) in [7, 11) is -3.57. The standard InChI is InChI=1S/C11H22N4O2S/c1-4-9(5-2)7-13-18(16,17)11-10(6-12)8(3)14-15-11/h9,13H,4-7,12H2,1-3H3,(H,14,15). The number of aromatic nitrogens is 2. The van der Waals surface area contributed by atoms with Crippen molar-refractivity contribution in [2.75, 3.05) is 6.54 Å². The molecule has 0 bridgehead atoms. The quantitative estimate of drug-likeness (QED) is 0.687. The Kier molecular flexibility index (Phi) is 5.30. The van der Waals surface area contributed by atoms with Crippen molar-refractivity contribution in [2.45, 2.75) is 45.2 Å². The van der Waals surface area contributed by atoms with E-state index in [9.17, 15) is 8.42 Å². The first-order valence-corrected chi connectivity index (χ1v) is 7.68. The summed E-state index contributed by atoms with van der Waals surface area (Å²) in [4.78, 5) is 0. The molecule has 7 heteroatoms. The molecule has 0 aliphatic rings. The number of nitrogens with one attached hydrogen (secondary N) is 2. The second-order valence-corrected chi connectivity index (χ2v) is 6.05. The number of sulfonamides is 1. The lowest BCUT2D eigenvalue weighted by Gasteiger charge is -2.13. The minimum Gasteiger partial charge on any atom is -0.326 e. The number of aryl methyl sites for hydroxylation is 1. The van der Waals surface area contributed by atoms with E-state index in [4.69, 9.17) is 5.73 Å². The van der Waals surface area contributed by atoms with Crippen LogP contribution < -0.4 is 10.5 Å². The minimum atomic E-state index is -3.57. The van der Waals surface area contributed by atoms with E-state index in [2.05, 4.69) is 14.9 Å². The molecule has 0 aliphatic carbocycles. The molecule has 0 saturated carbocycles. The molecule has 0 amide bonds. The number of H-pyrrole nitrogens is 1. The maximum absolute atomic E-state index is 12.1. The zero-order valence-corrected chi connectivity index (χ0v) is 12.0. The number of nitrogens with two attached hydrogens (primary N) is 1. The molecule has 0 aromatic carbocycles. The minimum absolute atomic E-state index is 0.0217. The van der Waals surface area contributed by atoms with Crippen molar-refractivity contribution in [3.63, 3.8) is 0 Å². The largest absolute Gasteiger partial charge is 0.326 e. The Morgan fingerprint density at radius 3 is 2.50 bits per heavy atom. The third-order valence-corrected chi connectivity index (χ3v) is 4.60. The fourth-order valence-electron chi connectivity index (χ4n) is 1.77. The molecule has 0 atom stereocenters. The predicted octanol–water partition coefficient (Wildman–Crippen LogP) is 0.891. The molecular formula is C11H22N4O2S. The summed E-state index contributed by atoms with van der Waals surface area (Å²) in [5.74, 6) is 0.348. The van der Waals surface area contributed by atoms with Gasteiger partial charge in [-0.05, 0) is 12.8 Å². The fourth-order valence-corrected chi connectivity index (χ4v) is 3.08. The molecule has 4 N–H and O–H groups in total. The van der Waals surface area contributed by atoms with Crippen LogP contribution >= 0.6 is 0 Å². The van der Waals surface area contributed by atoms with Gasteiger partial charge in [-0.3, -0.25) is 5.10 Å². The highest BCUT2D eigenvalue weighted by atomic mass is 32.2. The van der Waals surface area contributed by atoms with Crippen molar-refractivity contribution in [3.05, 3.63) is 11.3 Å². The highest BCUT2D eigenvalue weighted by Crippen LogP contribution is 2.16. The van der Waals surface area contributed by atoms with E-state index in [0.29, 0.717) is 23.7 Å². The van der Waals surface area contributed by atoms with Crippen molar-refractivity contribution in [1.82, 2.24) is 14.9 Å². The Morgan fingerprint density at radius 2 is 2.00 bits per heavy atom. The van der Waals surface area contributed by atoms with Gasteiger partial charge in [-0.25, -0.2) is 13.1 Å². The van der Waals surface area contributed by atoms with E-state index in [1.807, 2.05) is 13.8 Å². The van der Waals surface area contributed by atoms with Crippen molar-refractivity contribution < 1.29 is 8.42 Å². The van der Waals surface area contributed by atoms with Crippen LogP contribution in [0.2, 0.25) is 0 Å². The first-order chi connectivity index (χ1) is 8.46. The first-order valence-electron chi connectivity index (χ1n) is 6.19. The molecule has 0 spiro atoms. The second kappa shape index (κ2) is 6.31. The second-order valence-electron chi connectivity index (χ2n) is 4.37. The van der Waals surface area contributed by atoms with Crippen LogP contribution in [0.4, 0.5) is 0 Å². The lowest BCUT2D eigenvalue weighted by molar-refractivity contribution is 0.478. The highest BCUT2D eigenvalue weighted by molar-refractivity contribution is 7.89. The third-order valence-electron chi connectivity index (χ3n) is 3.21. The Labute approximate surface area is 108 Å². The zero-order chi connectivity index (χ0) is 13.8. The molecule has 0 unspecified atom stereocenters. The van der Waals surface area contributed by atoms with Crippen LogP contribution in [-0.4, -0.2) is 25.2 Å². The summed E-state index contributed by atoms with van der Waals surface area (Å²) in [6.45, 7) is 6.45. The topological polar surface area (TPSA) is 101 Å². The van der Waals surface area contributed by atoms with Gasteiger partial charge >= 0.3 is 0 Å². The molecule has 0 fully saturated rings. The molecule has 0 radical (unpaired) electrons. The molecule has 18 heavy (non-hydrogen) atoms. The van der Waals surface area contributed by atoms with Gasteiger partial charge in [0.15, 0.2) is 5.03 Å². The molecule has 1 aromatic rings. The average molecular weight is 274 g/mol. The normalized spacial score (nSPS) is 12.3. The predicted molar refractivity (Wildman–Crippen MR) is 70.5 cm³/mol. The number of hydrogen-bond donors (Lipinski definition) is 3. The van der Waals surface area contributed by atoms with Crippen LogP contribution in [0, 0.1) is 12.8 Å². The fraction of sp³-hybridized carbons (Fsp3) is 0.727. The van der Waals surface area contributed by atoms with E-state index in [1.54, 1.807) is 6.92 Å². The van der Waals surface area contributed by atoms with E-state index in [-0.39, 0.29) is 11.6 Å². The summed E-state index contributed by atoms with van der Waals surface area (Å²) in [6.07, 6.45) is 1.89. The Morgan fingerprint density at radius 1 is 1.39 bits per heavy atom. The lowest BCUT2D eigenvalue weighted by atomic mass is 10.0. The zero-order valence-electron chi connectivity index (χ0n) is 11.2. The van der Waals surface area contributed by atoms with Crippen molar-refractivity contribution >= 4 is 10.0 Å². The van der Waals surface area contributed by atoms with E-state index in [0.717, 1.165) is 12.8 Å². The first kappa shape index (κ1) is 15.1. The molecular weight excluding hydrogens is 252 g/mol. The summed E-state index contributed by atoms with van der Waals surface area (Å²) in [5, 5.41) is 6.51. The van der Waals surface area contributed by atoms with E-state index < -0.39 is 10.0 Å². The van der Waals surface area contributed by atoms with Crippen molar-refractivity contribution in [1.29, 1.82) is 0 Å². The van der Waals surface area contributed by atoms with Crippen LogP contribution in [0.3, 0.4) is 0 Å². The highest BCUT2D eigenvalue weighted by Gasteiger charge is 2.23. The third kappa shape index (κ3) is 3.30. The lowest BCUT2D eigenvalue weighted by Crippen LogP contribution is -2.30. The average Bonchev–Trinajstić information content (AvgIpc) is 2.72. The Bertz CT molecular complexity index is 477. The Hall–Kier alpha value is -0.920. The number of aromatic amines is 1. The van der Waals surface area contributed by atoms with Crippen LogP contribution in [0.5, 0.6) is 0 Å². The van der Waals surface area contributed by atoms with Gasteiger partial charge in [0, 0.05) is 24.3 Å². The van der Waals surface area contributed by atoms with Gasteiger partial charge in [0.05, 0.1) is 0 Å². The summed E-state index contributed by atoms with van der Waals surface area (Å²) < 4.78 is 26.8. The van der Waals surface area contributed by atoms with E-state index >= 15 is 0 Å². The van der Waals surface area contributed by atoms with Crippen LogP contribution in [0.15, 0.2) is 5.03 Å². The van der Waals surface area contributed by atoms with Gasteiger partial charge in [0.25, 0.3) is 10.0 Å². The van der Waals surface area contributed by atoms with Gasteiger partial charge in [-0.2, -0.15) is 5.10 Å². The summed E-state index contributed by atoms with van der Waals surface area (Å²) in [6, 6.07) is 0. The van der Waals surface area contributed by atoms with Gasteiger partial charge in [0.2, 0.25) is 0 Å². The van der Waals surface area contributed by atoms with Gasteiger partial charge in [-0.1, -0.05) is 26.7 Å². The summed E-state index contributed by atoms with van der Waals surface area (Å²) in [5.41, 5.74) is 6.79. The molecule has 6 nitrogen and oxygen atoms in total. The maximum Gasteiger partial charge on any atom is 0.260 e. The molecule has 104 valence electrons. The monoisotopic (exact) mass is 274 g/mol. The maximum atomic E-state index is 12.1. The van der Waals surface area contributed by atoms with Crippen LogP contribution in [-0.2, 0) is 16.6 Å². The molecule has 1 rings (SSSR count). The van der Waals surface area contributed by atoms with Gasteiger partial charge < -0.3 is 5.73 Å². The van der Waals surface area contributed by atoms with Crippen LogP contribution in [0.25, 0.3) is 0 Å². The van der Waals surface area contributed by atoms with Crippen molar-refractivity contribution in [2.24, 2.45) is 11.7 Å². The van der Waals surface area contributed by atoms with E-state index in [1.165, 1.54) is 0 Å². The SMILES string of the molecule is CCC(CC)CNS(=O)(=O)c1n[nH]c(C)c1CN. The molecule has 1 aromatic heterocycles. The molecule has 0 aliphatic heterocycles. The summed E-state index contributed by atoms with van der Waals surface area (Å²) >= 11 is 0. The van der Waals surface area contributed by atoms with Gasteiger partial charge in [-0.15, -0.1) is 0 Å². The Balaban J connectivity index is 2.86. The smallest absolute Gasteiger partial charge is 0.260 e. The number of hydrogen-bond acceptors (Lipinski definition) is 4. The van der Waals surface area contributed by atoms with Gasteiger partial charge in [0.1, 0.15) is 0 Å².